The summed E-state index contributed by atoms with van der Waals surface area (Å²) in [7, 11) is 0. The van der Waals surface area contributed by atoms with E-state index in [9.17, 15) is 8.78 Å². The minimum absolute atomic E-state index is 0.403. The Bertz CT molecular complexity index is 724. The van der Waals surface area contributed by atoms with Gasteiger partial charge < -0.3 is 10.2 Å². The number of hydrogen-bond donors (Lipinski definition) is 1. The molecule has 2 heterocycles. The number of aromatic nitrogens is 1. The van der Waals surface area contributed by atoms with E-state index in [-0.39, 0.29) is 0 Å². The molecular weight excluding hydrogens is 298 g/mol. The van der Waals surface area contributed by atoms with E-state index in [2.05, 4.69) is 15.2 Å². The van der Waals surface area contributed by atoms with Crippen LogP contribution in [0, 0.1) is 28.9 Å². The summed E-state index contributed by atoms with van der Waals surface area (Å²) >= 11 is 0. The van der Waals surface area contributed by atoms with Crippen LogP contribution in [0.2, 0.25) is 0 Å². The van der Waals surface area contributed by atoms with Crippen molar-refractivity contribution in [3.05, 3.63) is 53.7 Å². The van der Waals surface area contributed by atoms with E-state index < -0.39 is 11.6 Å². The van der Waals surface area contributed by atoms with Crippen LogP contribution in [0.5, 0.6) is 0 Å². The molecule has 1 saturated heterocycles. The van der Waals surface area contributed by atoms with E-state index in [4.69, 9.17) is 5.26 Å². The molecule has 0 saturated carbocycles. The highest BCUT2D eigenvalue weighted by atomic mass is 19.2. The van der Waals surface area contributed by atoms with Crippen molar-refractivity contribution in [3.8, 4) is 6.07 Å². The maximum atomic E-state index is 13.3. The fourth-order valence-corrected chi connectivity index (χ4v) is 2.73. The number of halogens is 2. The molecule has 2 aromatic rings. The van der Waals surface area contributed by atoms with Gasteiger partial charge in [0.1, 0.15) is 11.9 Å². The van der Waals surface area contributed by atoms with Gasteiger partial charge in [-0.1, -0.05) is 0 Å². The van der Waals surface area contributed by atoms with Gasteiger partial charge in [0.2, 0.25) is 0 Å². The van der Waals surface area contributed by atoms with Crippen molar-refractivity contribution in [3.63, 3.8) is 0 Å². The lowest BCUT2D eigenvalue weighted by Crippen LogP contribution is -2.22. The van der Waals surface area contributed by atoms with Crippen LogP contribution in [0.3, 0.4) is 0 Å². The second kappa shape index (κ2) is 6.61. The van der Waals surface area contributed by atoms with Crippen molar-refractivity contribution in [1.29, 1.82) is 5.26 Å². The van der Waals surface area contributed by atoms with Gasteiger partial charge in [-0.25, -0.2) is 13.8 Å². The fourth-order valence-electron chi connectivity index (χ4n) is 2.73. The maximum absolute atomic E-state index is 13.3. The summed E-state index contributed by atoms with van der Waals surface area (Å²) in [5.74, 6) is -0.500. The van der Waals surface area contributed by atoms with E-state index in [1.165, 1.54) is 12.3 Å². The first-order chi connectivity index (χ1) is 11.2. The van der Waals surface area contributed by atoms with Gasteiger partial charge >= 0.3 is 0 Å². The van der Waals surface area contributed by atoms with Crippen LogP contribution in [0.4, 0.5) is 20.3 Å². The highest BCUT2D eigenvalue weighted by Gasteiger charge is 2.23. The second-order valence-corrected chi connectivity index (χ2v) is 5.62. The molecule has 0 amide bonds. The van der Waals surface area contributed by atoms with Crippen LogP contribution in [-0.4, -0.2) is 24.6 Å². The van der Waals surface area contributed by atoms with Crippen LogP contribution in [0.25, 0.3) is 0 Å². The van der Waals surface area contributed by atoms with Gasteiger partial charge in [0.15, 0.2) is 11.6 Å². The SMILES string of the molecule is N#Cc1ccc(NC[C@H]2CCN(c3ccc(F)c(F)c3)C2)nc1. The molecule has 1 atom stereocenters. The largest absolute Gasteiger partial charge is 0.371 e. The van der Waals surface area contributed by atoms with Gasteiger partial charge in [-0.05, 0) is 36.6 Å². The lowest BCUT2D eigenvalue weighted by molar-refractivity contribution is 0.508. The molecule has 6 heteroatoms. The third kappa shape index (κ3) is 3.57. The third-order valence-corrected chi connectivity index (χ3v) is 4.02. The van der Waals surface area contributed by atoms with Crippen molar-refractivity contribution in [2.45, 2.75) is 6.42 Å². The maximum Gasteiger partial charge on any atom is 0.160 e. The topological polar surface area (TPSA) is 52.0 Å². The van der Waals surface area contributed by atoms with E-state index in [0.29, 0.717) is 17.2 Å². The smallest absolute Gasteiger partial charge is 0.160 e. The minimum Gasteiger partial charge on any atom is -0.371 e. The lowest BCUT2D eigenvalue weighted by Gasteiger charge is -2.19. The number of anilines is 2. The molecular formula is C17H16F2N4. The van der Waals surface area contributed by atoms with E-state index in [1.54, 1.807) is 18.2 Å². The highest BCUT2D eigenvalue weighted by molar-refractivity contribution is 5.48. The first-order valence-electron chi connectivity index (χ1n) is 7.46. The van der Waals surface area contributed by atoms with E-state index in [0.717, 1.165) is 37.9 Å². The predicted molar refractivity (Wildman–Crippen MR) is 84.1 cm³/mol. The Morgan fingerprint density at radius 3 is 2.83 bits per heavy atom. The summed E-state index contributed by atoms with van der Waals surface area (Å²) in [5.41, 5.74) is 1.24. The predicted octanol–water partition coefficient (Wildman–Crippen LogP) is 3.17. The monoisotopic (exact) mass is 314 g/mol. The molecule has 1 aliphatic heterocycles. The quantitative estimate of drug-likeness (QED) is 0.942. The zero-order valence-corrected chi connectivity index (χ0v) is 12.5. The summed E-state index contributed by atoms with van der Waals surface area (Å²) in [6.07, 6.45) is 2.51. The molecule has 0 radical (unpaired) electrons. The Morgan fingerprint density at radius 1 is 1.26 bits per heavy atom. The molecule has 23 heavy (non-hydrogen) atoms. The molecule has 118 valence electrons. The van der Waals surface area contributed by atoms with E-state index >= 15 is 0 Å². The summed E-state index contributed by atoms with van der Waals surface area (Å²) in [6, 6.07) is 9.54. The van der Waals surface area contributed by atoms with Crippen LogP contribution in [0.15, 0.2) is 36.5 Å². The first kappa shape index (κ1) is 15.2. The first-order valence-corrected chi connectivity index (χ1v) is 7.46. The Labute approximate surface area is 133 Å². The van der Waals surface area contributed by atoms with Crippen molar-refractivity contribution in [1.82, 2.24) is 4.98 Å². The number of pyridine rings is 1. The zero-order valence-electron chi connectivity index (χ0n) is 12.5. The Morgan fingerprint density at radius 2 is 2.13 bits per heavy atom. The Kier molecular flexibility index (Phi) is 4.38. The van der Waals surface area contributed by atoms with Gasteiger partial charge in [-0.2, -0.15) is 5.26 Å². The van der Waals surface area contributed by atoms with Gasteiger partial charge in [-0.3, -0.25) is 0 Å². The van der Waals surface area contributed by atoms with Crippen molar-refractivity contribution in [2.75, 3.05) is 29.9 Å². The minimum atomic E-state index is -0.821. The average Bonchev–Trinajstić information content (AvgIpc) is 3.05. The van der Waals surface area contributed by atoms with Crippen LogP contribution >= 0.6 is 0 Å². The molecule has 1 fully saturated rings. The summed E-state index contributed by atoms with van der Waals surface area (Å²) in [4.78, 5) is 6.23. The standard InChI is InChI=1S/C17H16F2N4/c18-15-3-2-14(7-16(15)19)23-6-5-13(11-23)10-22-17-4-1-12(8-20)9-21-17/h1-4,7,9,13H,5-6,10-11H2,(H,21,22)/t13-/m1/s1. The van der Waals surface area contributed by atoms with Crippen molar-refractivity contribution >= 4 is 11.5 Å². The summed E-state index contributed by atoms with van der Waals surface area (Å²) in [6.45, 7) is 2.35. The zero-order chi connectivity index (χ0) is 16.2. The third-order valence-electron chi connectivity index (χ3n) is 4.02. The number of benzene rings is 1. The summed E-state index contributed by atoms with van der Waals surface area (Å²) in [5, 5.41) is 12.0. The molecule has 1 aromatic carbocycles. The normalized spacial score (nSPS) is 17.1. The van der Waals surface area contributed by atoms with Crippen molar-refractivity contribution in [2.24, 2.45) is 5.92 Å². The molecule has 0 aliphatic carbocycles. The highest BCUT2D eigenvalue weighted by Crippen LogP contribution is 2.25. The number of nitrogens with one attached hydrogen (secondary N) is 1. The number of hydrogen-bond acceptors (Lipinski definition) is 4. The molecule has 4 nitrogen and oxygen atoms in total. The van der Waals surface area contributed by atoms with Gasteiger partial charge in [0, 0.05) is 37.6 Å². The Balaban J connectivity index is 1.55. The average molecular weight is 314 g/mol. The molecule has 1 aliphatic rings. The Hall–Kier alpha value is -2.68. The van der Waals surface area contributed by atoms with E-state index in [1.807, 2.05) is 6.07 Å². The molecule has 1 N–H and O–H groups in total. The number of nitriles is 1. The fraction of sp³-hybridized carbons (Fsp3) is 0.294. The van der Waals surface area contributed by atoms with Crippen LogP contribution < -0.4 is 10.2 Å². The van der Waals surface area contributed by atoms with Crippen LogP contribution in [-0.2, 0) is 0 Å². The lowest BCUT2D eigenvalue weighted by atomic mass is 10.1. The number of rotatable bonds is 4. The van der Waals surface area contributed by atoms with Crippen molar-refractivity contribution < 1.29 is 8.78 Å². The molecule has 0 bridgehead atoms. The van der Waals surface area contributed by atoms with Gasteiger partial charge in [-0.15, -0.1) is 0 Å². The molecule has 3 rings (SSSR count). The molecule has 1 aromatic heterocycles. The van der Waals surface area contributed by atoms with Gasteiger partial charge in [0.25, 0.3) is 0 Å². The van der Waals surface area contributed by atoms with Crippen LogP contribution in [0.1, 0.15) is 12.0 Å². The second-order valence-electron chi connectivity index (χ2n) is 5.62. The molecule has 0 spiro atoms. The number of nitrogens with zero attached hydrogens (tertiary/aromatic N) is 3. The molecule has 0 unspecified atom stereocenters. The van der Waals surface area contributed by atoms with Gasteiger partial charge in [0.05, 0.1) is 5.56 Å². The summed E-state index contributed by atoms with van der Waals surface area (Å²) < 4.78 is 26.3.